The summed E-state index contributed by atoms with van der Waals surface area (Å²) in [6.45, 7) is 0. The largest absolute Gasteiger partial charge is 0.322 e. The lowest BCUT2D eigenvalue weighted by atomic mass is 10.1. The first kappa shape index (κ1) is 12.5. The molecule has 0 spiro atoms. The molecule has 0 saturated carbocycles. The quantitative estimate of drug-likeness (QED) is 0.909. The second kappa shape index (κ2) is 4.76. The van der Waals surface area contributed by atoms with Crippen molar-refractivity contribution in [2.24, 2.45) is 5.73 Å². The van der Waals surface area contributed by atoms with Gasteiger partial charge in [0.2, 0.25) is 0 Å². The van der Waals surface area contributed by atoms with Gasteiger partial charge in [-0.05, 0) is 40.2 Å². The maximum absolute atomic E-state index is 11.9. The summed E-state index contributed by atoms with van der Waals surface area (Å²) in [5.74, 6) is 0.286. The minimum Gasteiger partial charge on any atom is -0.322 e. The second-order valence-electron chi connectivity index (χ2n) is 4.06. The predicted octanol–water partition coefficient (Wildman–Crippen LogP) is 2.48. The van der Waals surface area contributed by atoms with Gasteiger partial charge in [0.05, 0.1) is 17.0 Å². The molecule has 1 saturated heterocycles. The van der Waals surface area contributed by atoms with Crippen LogP contribution in [-0.4, -0.2) is 19.4 Å². The lowest BCUT2D eigenvalue weighted by Gasteiger charge is -2.27. The average molecular weight is 324 g/mol. The summed E-state index contributed by atoms with van der Waals surface area (Å²) in [6.07, 6.45) is 2.42. The van der Waals surface area contributed by atoms with Gasteiger partial charge >= 0.3 is 0 Å². The lowest BCUT2D eigenvalue weighted by Crippen LogP contribution is -2.37. The molecule has 1 aliphatic rings. The number of nitrogens with two attached hydrogens (primary N) is 1. The Morgan fingerprint density at radius 1 is 1.50 bits per heavy atom. The van der Waals surface area contributed by atoms with Crippen LogP contribution in [0, 0.1) is 0 Å². The molecule has 2 N–H and O–H groups in total. The molecule has 0 radical (unpaired) electrons. The van der Waals surface area contributed by atoms with E-state index < -0.39 is 15.1 Å². The molecular formula is C10H14BrNO2S2. The van der Waals surface area contributed by atoms with Crippen molar-refractivity contribution in [2.75, 3.05) is 5.75 Å². The number of hydrogen-bond acceptors (Lipinski definition) is 4. The third-order valence-electron chi connectivity index (χ3n) is 2.98. The highest BCUT2D eigenvalue weighted by Gasteiger charge is 2.35. The highest BCUT2D eigenvalue weighted by Crippen LogP contribution is 2.35. The zero-order chi connectivity index (χ0) is 11.8. The second-order valence-corrected chi connectivity index (χ2v) is 8.20. The van der Waals surface area contributed by atoms with Crippen LogP contribution in [0.15, 0.2) is 15.9 Å². The highest BCUT2D eigenvalue weighted by atomic mass is 79.9. The molecule has 1 aliphatic heterocycles. The molecule has 6 heteroatoms. The van der Waals surface area contributed by atoms with Gasteiger partial charge in [-0.2, -0.15) is 0 Å². The summed E-state index contributed by atoms with van der Waals surface area (Å²) in [5, 5.41) is 1.52. The van der Waals surface area contributed by atoms with Gasteiger partial charge in [0.25, 0.3) is 0 Å². The van der Waals surface area contributed by atoms with Gasteiger partial charge in [-0.1, -0.05) is 6.42 Å². The third-order valence-corrected chi connectivity index (χ3v) is 7.26. The van der Waals surface area contributed by atoms with Crippen molar-refractivity contribution >= 4 is 37.1 Å². The molecular weight excluding hydrogens is 310 g/mol. The molecule has 2 unspecified atom stereocenters. The number of rotatable bonds is 2. The zero-order valence-corrected chi connectivity index (χ0v) is 11.9. The van der Waals surface area contributed by atoms with Crippen LogP contribution < -0.4 is 5.73 Å². The van der Waals surface area contributed by atoms with Gasteiger partial charge in [-0.15, -0.1) is 11.3 Å². The van der Waals surface area contributed by atoms with E-state index in [1.165, 1.54) is 11.3 Å². The van der Waals surface area contributed by atoms with E-state index in [1.54, 1.807) is 0 Å². The van der Waals surface area contributed by atoms with E-state index in [4.69, 9.17) is 5.73 Å². The van der Waals surface area contributed by atoms with Crippen LogP contribution >= 0.6 is 27.3 Å². The fourth-order valence-electron chi connectivity index (χ4n) is 2.09. The van der Waals surface area contributed by atoms with Crippen molar-refractivity contribution in [2.45, 2.75) is 30.6 Å². The summed E-state index contributed by atoms with van der Waals surface area (Å²) in [7, 11) is -3.00. The van der Waals surface area contributed by atoms with Crippen LogP contribution in [0.2, 0.25) is 0 Å². The molecule has 0 bridgehead atoms. The summed E-state index contributed by atoms with van der Waals surface area (Å²) >= 11 is 4.92. The average Bonchev–Trinajstić information content (AvgIpc) is 2.63. The van der Waals surface area contributed by atoms with Crippen LogP contribution in [0.25, 0.3) is 0 Å². The first-order chi connectivity index (χ1) is 7.52. The SMILES string of the molecule is NC(c1sccc1Br)C1CCCCS1(=O)=O. The first-order valence-electron chi connectivity index (χ1n) is 5.22. The standard InChI is InChI=1S/C10H14BrNO2S2/c11-7-4-5-15-10(7)9(12)8-3-1-2-6-16(8,13)14/h4-5,8-9H,1-3,6,12H2. The van der Waals surface area contributed by atoms with Crippen molar-refractivity contribution in [3.8, 4) is 0 Å². The number of halogens is 1. The summed E-state index contributed by atoms with van der Waals surface area (Å²) in [6, 6.07) is 1.52. The Morgan fingerprint density at radius 3 is 2.81 bits per heavy atom. The normalized spacial score (nSPS) is 26.5. The Hall–Kier alpha value is 0.0900. The molecule has 0 aliphatic carbocycles. The smallest absolute Gasteiger partial charge is 0.155 e. The number of thiophene rings is 1. The van der Waals surface area contributed by atoms with Crippen molar-refractivity contribution in [1.82, 2.24) is 0 Å². The molecule has 2 heterocycles. The van der Waals surface area contributed by atoms with Gasteiger partial charge in [-0.3, -0.25) is 0 Å². The van der Waals surface area contributed by atoms with Crippen LogP contribution in [0.3, 0.4) is 0 Å². The van der Waals surface area contributed by atoms with Gasteiger partial charge in [0, 0.05) is 9.35 Å². The van der Waals surface area contributed by atoms with Crippen molar-refractivity contribution in [3.63, 3.8) is 0 Å². The zero-order valence-electron chi connectivity index (χ0n) is 8.73. The van der Waals surface area contributed by atoms with E-state index in [0.717, 1.165) is 22.2 Å². The molecule has 90 valence electrons. The van der Waals surface area contributed by atoms with E-state index >= 15 is 0 Å². The Kier molecular flexibility index (Phi) is 3.73. The van der Waals surface area contributed by atoms with E-state index in [1.807, 2.05) is 11.4 Å². The Bertz CT molecular complexity index is 469. The minimum atomic E-state index is -3.00. The minimum absolute atomic E-state index is 0.286. The summed E-state index contributed by atoms with van der Waals surface area (Å²) in [5.41, 5.74) is 6.09. The third kappa shape index (κ3) is 2.34. The molecule has 16 heavy (non-hydrogen) atoms. The molecule has 2 atom stereocenters. The summed E-state index contributed by atoms with van der Waals surface area (Å²) in [4.78, 5) is 0.940. The number of hydrogen-bond donors (Lipinski definition) is 1. The lowest BCUT2D eigenvalue weighted by molar-refractivity contribution is 0.507. The molecule has 3 nitrogen and oxygen atoms in total. The van der Waals surface area contributed by atoms with Gasteiger partial charge in [-0.25, -0.2) is 8.42 Å². The topological polar surface area (TPSA) is 60.2 Å². The number of sulfone groups is 1. The maximum Gasteiger partial charge on any atom is 0.155 e. The Labute approximate surface area is 108 Å². The van der Waals surface area contributed by atoms with Crippen LogP contribution in [0.4, 0.5) is 0 Å². The van der Waals surface area contributed by atoms with E-state index in [9.17, 15) is 8.42 Å². The van der Waals surface area contributed by atoms with Gasteiger partial charge < -0.3 is 5.73 Å². The molecule has 1 aromatic rings. The molecule has 1 aromatic heterocycles. The van der Waals surface area contributed by atoms with Crippen molar-refractivity contribution in [3.05, 3.63) is 20.8 Å². The van der Waals surface area contributed by atoms with Crippen molar-refractivity contribution in [1.29, 1.82) is 0 Å². The molecule has 0 aromatic carbocycles. The Morgan fingerprint density at radius 2 is 2.25 bits per heavy atom. The van der Waals surface area contributed by atoms with Crippen LogP contribution in [0.5, 0.6) is 0 Å². The fourth-order valence-corrected chi connectivity index (χ4v) is 5.90. The first-order valence-corrected chi connectivity index (χ1v) is 8.61. The van der Waals surface area contributed by atoms with Crippen LogP contribution in [-0.2, 0) is 9.84 Å². The predicted molar refractivity (Wildman–Crippen MR) is 70.4 cm³/mol. The van der Waals surface area contributed by atoms with E-state index in [0.29, 0.717) is 6.42 Å². The van der Waals surface area contributed by atoms with E-state index in [-0.39, 0.29) is 11.8 Å². The highest BCUT2D eigenvalue weighted by molar-refractivity contribution is 9.10. The van der Waals surface area contributed by atoms with E-state index in [2.05, 4.69) is 15.9 Å². The maximum atomic E-state index is 11.9. The molecule has 2 rings (SSSR count). The molecule has 0 amide bonds. The van der Waals surface area contributed by atoms with Crippen molar-refractivity contribution < 1.29 is 8.42 Å². The summed E-state index contributed by atoms with van der Waals surface area (Å²) < 4.78 is 24.8. The fraction of sp³-hybridized carbons (Fsp3) is 0.600. The monoisotopic (exact) mass is 323 g/mol. The van der Waals surface area contributed by atoms with Gasteiger partial charge in [0.15, 0.2) is 9.84 Å². The van der Waals surface area contributed by atoms with Crippen LogP contribution in [0.1, 0.15) is 30.2 Å². The molecule has 1 fully saturated rings. The Balaban J connectivity index is 2.28. The van der Waals surface area contributed by atoms with Gasteiger partial charge in [0.1, 0.15) is 0 Å².